The molecular weight excluding hydrogens is 226 g/mol. The number of fused-ring (bicyclic) bond motifs is 1. The predicted octanol–water partition coefficient (Wildman–Crippen LogP) is 1.21. The maximum absolute atomic E-state index is 5.87. The van der Waals surface area contributed by atoms with Gasteiger partial charge in [0.05, 0.1) is 0 Å². The van der Waals surface area contributed by atoms with Crippen molar-refractivity contribution >= 4 is 11.6 Å². The lowest BCUT2D eigenvalue weighted by atomic mass is 10.2. The molecule has 96 valence electrons. The summed E-state index contributed by atoms with van der Waals surface area (Å²) in [6, 6.07) is 4.44. The van der Waals surface area contributed by atoms with Gasteiger partial charge < -0.3 is 10.6 Å². The molecule has 0 aromatic carbocycles. The molecule has 0 radical (unpaired) electrons. The molecule has 0 amide bonds. The van der Waals surface area contributed by atoms with Gasteiger partial charge in [0.1, 0.15) is 0 Å². The maximum atomic E-state index is 5.87. The van der Waals surface area contributed by atoms with E-state index in [-0.39, 0.29) is 0 Å². The summed E-state index contributed by atoms with van der Waals surface area (Å²) in [6.07, 6.45) is 4.50. The molecule has 1 unspecified atom stereocenters. The van der Waals surface area contributed by atoms with Crippen LogP contribution >= 0.6 is 0 Å². The van der Waals surface area contributed by atoms with Gasteiger partial charge in [-0.05, 0) is 43.4 Å². The number of pyridine rings is 1. The maximum Gasteiger partial charge on any atom is 0.245 e. The van der Waals surface area contributed by atoms with Crippen molar-refractivity contribution in [2.75, 3.05) is 18.5 Å². The van der Waals surface area contributed by atoms with Crippen molar-refractivity contribution < 1.29 is 0 Å². The first kappa shape index (κ1) is 11.5. The van der Waals surface area contributed by atoms with Gasteiger partial charge in [-0.1, -0.05) is 0 Å². The van der Waals surface area contributed by atoms with Crippen LogP contribution in [0.25, 0.3) is 5.65 Å². The van der Waals surface area contributed by atoms with Gasteiger partial charge >= 0.3 is 0 Å². The highest BCUT2D eigenvalue weighted by atomic mass is 15.4. The number of rotatable bonds is 4. The Morgan fingerprint density at radius 3 is 3.00 bits per heavy atom. The van der Waals surface area contributed by atoms with Crippen LogP contribution in [0.1, 0.15) is 18.4 Å². The zero-order valence-corrected chi connectivity index (χ0v) is 10.9. The van der Waals surface area contributed by atoms with Crippen LogP contribution in [-0.2, 0) is 0 Å². The first-order valence-electron chi connectivity index (χ1n) is 6.45. The fourth-order valence-electron chi connectivity index (χ4n) is 2.42. The smallest absolute Gasteiger partial charge is 0.245 e. The van der Waals surface area contributed by atoms with E-state index in [0.29, 0.717) is 18.5 Å². The van der Waals surface area contributed by atoms with E-state index in [9.17, 15) is 0 Å². The van der Waals surface area contributed by atoms with E-state index in [1.807, 2.05) is 29.9 Å². The second-order valence-corrected chi connectivity index (χ2v) is 5.17. The molecule has 1 atom stereocenters. The molecule has 1 aliphatic carbocycles. The normalized spacial score (nSPS) is 17.1. The van der Waals surface area contributed by atoms with E-state index in [2.05, 4.69) is 21.9 Å². The number of hydrogen-bond donors (Lipinski definition) is 1. The van der Waals surface area contributed by atoms with Crippen molar-refractivity contribution in [2.45, 2.75) is 25.8 Å². The lowest BCUT2D eigenvalue weighted by Crippen LogP contribution is -2.40. The number of likely N-dealkylation sites (N-methyl/N-ethyl adjacent to an activating group) is 1. The van der Waals surface area contributed by atoms with Gasteiger partial charge in [-0.3, -0.25) is 0 Å². The Morgan fingerprint density at radius 2 is 2.33 bits per heavy atom. The van der Waals surface area contributed by atoms with Crippen LogP contribution in [0.3, 0.4) is 0 Å². The molecular formula is C13H19N5. The standard InChI is InChI=1S/C13H19N5/c1-9-5-6-18-12(7-9)15-13(16-18)17(2)11(8-14)10-3-4-10/h5-7,10-11H,3-4,8,14H2,1-2H3. The van der Waals surface area contributed by atoms with Crippen LogP contribution in [0.4, 0.5) is 5.95 Å². The quantitative estimate of drug-likeness (QED) is 0.879. The molecule has 2 aromatic heterocycles. The van der Waals surface area contributed by atoms with Crippen LogP contribution in [-0.4, -0.2) is 34.2 Å². The largest absolute Gasteiger partial charge is 0.338 e. The van der Waals surface area contributed by atoms with Crippen molar-refractivity contribution in [3.8, 4) is 0 Å². The van der Waals surface area contributed by atoms with Gasteiger partial charge in [0.25, 0.3) is 0 Å². The molecule has 0 saturated heterocycles. The highest BCUT2D eigenvalue weighted by Crippen LogP contribution is 2.35. The van der Waals surface area contributed by atoms with Crippen molar-refractivity contribution in [2.24, 2.45) is 11.7 Å². The molecule has 0 spiro atoms. The Bertz CT molecular complexity index is 558. The topological polar surface area (TPSA) is 59.5 Å². The van der Waals surface area contributed by atoms with Gasteiger partial charge in [-0.2, -0.15) is 4.98 Å². The van der Waals surface area contributed by atoms with Crippen molar-refractivity contribution in [3.05, 3.63) is 23.9 Å². The molecule has 0 aliphatic heterocycles. The van der Waals surface area contributed by atoms with Crippen LogP contribution in [0.5, 0.6) is 0 Å². The average Bonchev–Trinajstić information content (AvgIpc) is 3.08. The number of aryl methyl sites for hydroxylation is 1. The summed E-state index contributed by atoms with van der Waals surface area (Å²) in [5, 5.41) is 4.51. The van der Waals surface area contributed by atoms with Crippen LogP contribution < -0.4 is 10.6 Å². The van der Waals surface area contributed by atoms with Gasteiger partial charge in [-0.25, -0.2) is 4.52 Å². The fraction of sp³-hybridized carbons (Fsp3) is 0.538. The number of nitrogens with two attached hydrogens (primary N) is 1. The van der Waals surface area contributed by atoms with Crippen LogP contribution in [0.15, 0.2) is 18.3 Å². The Kier molecular flexibility index (Phi) is 2.70. The van der Waals surface area contributed by atoms with Gasteiger partial charge in [0, 0.05) is 25.8 Å². The van der Waals surface area contributed by atoms with Crippen LogP contribution in [0, 0.1) is 12.8 Å². The molecule has 2 heterocycles. The van der Waals surface area contributed by atoms with Gasteiger partial charge in [0.15, 0.2) is 5.65 Å². The zero-order valence-electron chi connectivity index (χ0n) is 10.9. The molecule has 3 rings (SSSR count). The first-order valence-corrected chi connectivity index (χ1v) is 6.45. The minimum Gasteiger partial charge on any atom is -0.338 e. The second-order valence-electron chi connectivity index (χ2n) is 5.17. The summed E-state index contributed by atoms with van der Waals surface area (Å²) in [4.78, 5) is 6.70. The Hall–Kier alpha value is -1.62. The van der Waals surface area contributed by atoms with Crippen molar-refractivity contribution in [3.63, 3.8) is 0 Å². The minimum atomic E-state index is 0.364. The summed E-state index contributed by atoms with van der Waals surface area (Å²) in [6.45, 7) is 2.72. The zero-order chi connectivity index (χ0) is 12.7. The molecule has 5 nitrogen and oxygen atoms in total. The highest BCUT2D eigenvalue weighted by Gasteiger charge is 2.34. The molecule has 2 N–H and O–H groups in total. The Labute approximate surface area is 107 Å². The summed E-state index contributed by atoms with van der Waals surface area (Å²) in [7, 11) is 2.04. The number of aromatic nitrogens is 3. The minimum absolute atomic E-state index is 0.364. The molecule has 1 saturated carbocycles. The SMILES string of the molecule is Cc1ccn2nc(N(C)C(CN)C3CC3)nc2c1. The Balaban J connectivity index is 1.92. The van der Waals surface area contributed by atoms with E-state index in [1.54, 1.807) is 0 Å². The van der Waals surface area contributed by atoms with Gasteiger partial charge in [0.2, 0.25) is 5.95 Å². The predicted molar refractivity (Wildman–Crippen MR) is 71.7 cm³/mol. The lowest BCUT2D eigenvalue weighted by molar-refractivity contribution is 0.561. The summed E-state index contributed by atoms with van der Waals surface area (Å²) >= 11 is 0. The highest BCUT2D eigenvalue weighted by molar-refractivity contribution is 5.46. The monoisotopic (exact) mass is 245 g/mol. The van der Waals surface area contributed by atoms with Gasteiger partial charge in [-0.15, -0.1) is 5.10 Å². The third kappa shape index (κ3) is 1.95. The molecule has 1 aliphatic rings. The van der Waals surface area contributed by atoms with E-state index in [0.717, 1.165) is 11.6 Å². The molecule has 0 bridgehead atoms. The average molecular weight is 245 g/mol. The summed E-state index contributed by atoms with van der Waals surface area (Å²) in [5.41, 5.74) is 7.95. The van der Waals surface area contributed by atoms with Crippen LogP contribution in [0.2, 0.25) is 0 Å². The van der Waals surface area contributed by atoms with E-state index >= 15 is 0 Å². The van der Waals surface area contributed by atoms with E-state index < -0.39 is 0 Å². The molecule has 18 heavy (non-hydrogen) atoms. The van der Waals surface area contributed by atoms with Crippen molar-refractivity contribution in [1.29, 1.82) is 0 Å². The summed E-state index contributed by atoms with van der Waals surface area (Å²) < 4.78 is 1.82. The third-order valence-corrected chi connectivity index (χ3v) is 3.70. The number of nitrogens with zero attached hydrogens (tertiary/aromatic N) is 4. The fourth-order valence-corrected chi connectivity index (χ4v) is 2.42. The lowest BCUT2D eigenvalue weighted by Gasteiger charge is -2.25. The Morgan fingerprint density at radius 1 is 1.56 bits per heavy atom. The number of anilines is 1. The van der Waals surface area contributed by atoms with E-state index in [1.165, 1.54) is 18.4 Å². The molecule has 2 aromatic rings. The molecule has 5 heteroatoms. The second kappa shape index (κ2) is 4.24. The van der Waals surface area contributed by atoms with E-state index in [4.69, 9.17) is 5.73 Å². The summed E-state index contributed by atoms with van der Waals surface area (Å²) in [5.74, 6) is 1.48. The third-order valence-electron chi connectivity index (χ3n) is 3.70. The first-order chi connectivity index (χ1) is 8.69. The van der Waals surface area contributed by atoms with Crippen molar-refractivity contribution in [1.82, 2.24) is 14.6 Å². The molecule has 1 fully saturated rings. The number of hydrogen-bond acceptors (Lipinski definition) is 4.